The largest absolute Gasteiger partial charge is 0.396 e. The van der Waals surface area contributed by atoms with E-state index in [1.807, 2.05) is 0 Å². The maximum Gasteiger partial charge on any atom is 0.250 e. The van der Waals surface area contributed by atoms with Crippen molar-refractivity contribution in [1.29, 1.82) is 0 Å². The van der Waals surface area contributed by atoms with Gasteiger partial charge in [-0.25, -0.2) is 13.1 Å². The molecule has 0 radical (unpaired) electrons. The third-order valence-corrected chi connectivity index (χ3v) is 5.90. The van der Waals surface area contributed by atoms with Crippen molar-refractivity contribution in [2.45, 2.75) is 23.6 Å². The van der Waals surface area contributed by atoms with Gasteiger partial charge in [-0.15, -0.1) is 21.5 Å². The number of thiophene rings is 1. The Kier molecular flexibility index (Phi) is 4.53. The minimum Gasteiger partial charge on any atom is -0.396 e. The molecule has 7 nitrogen and oxygen atoms in total. The van der Waals surface area contributed by atoms with Crippen molar-refractivity contribution in [3.63, 3.8) is 0 Å². The molecule has 2 N–H and O–H groups in total. The van der Waals surface area contributed by atoms with Gasteiger partial charge in [0.1, 0.15) is 16.4 Å². The smallest absolute Gasteiger partial charge is 0.250 e. The molecule has 1 unspecified atom stereocenters. The summed E-state index contributed by atoms with van der Waals surface area (Å²) in [5, 5.41) is 16.5. The van der Waals surface area contributed by atoms with Gasteiger partial charge in [0, 0.05) is 25.0 Å². The lowest BCUT2D eigenvalue weighted by Gasteiger charge is -2.12. The number of aromatic nitrogens is 3. The Bertz CT molecular complexity index is 677. The molecular formula is C11H16N4O3S2. The Morgan fingerprint density at radius 3 is 2.85 bits per heavy atom. The van der Waals surface area contributed by atoms with Gasteiger partial charge in [-0.05, 0) is 19.1 Å². The minimum atomic E-state index is -3.59. The maximum absolute atomic E-state index is 12.2. The third kappa shape index (κ3) is 3.23. The van der Waals surface area contributed by atoms with Crippen LogP contribution in [0.15, 0.2) is 22.7 Å². The molecule has 2 rings (SSSR count). The molecule has 20 heavy (non-hydrogen) atoms. The van der Waals surface area contributed by atoms with E-state index in [1.54, 1.807) is 30.7 Å². The molecule has 0 aliphatic heterocycles. The van der Waals surface area contributed by atoms with Crippen LogP contribution < -0.4 is 4.72 Å². The van der Waals surface area contributed by atoms with Crippen LogP contribution in [0.3, 0.4) is 0 Å². The highest BCUT2D eigenvalue weighted by Gasteiger charge is 2.22. The molecule has 0 aromatic carbocycles. The molecular weight excluding hydrogens is 300 g/mol. The Labute approximate surface area is 121 Å². The summed E-state index contributed by atoms with van der Waals surface area (Å²) in [5.41, 5.74) is 0. The van der Waals surface area contributed by atoms with E-state index in [2.05, 4.69) is 14.9 Å². The highest BCUT2D eigenvalue weighted by molar-refractivity contribution is 7.91. The van der Waals surface area contributed by atoms with Crippen LogP contribution in [-0.4, -0.2) is 34.9 Å². The van der Waals surface area contributed by atoms with Crippen molar-refractivity contribution in [2.24, 2.45) is 7.05 Å². The summed E-state index contributed by atoms with van der Waals surface area (Å²) < 4.78 is 29.0. The topological polar surface area (TPSA) is 97.1 Å². The normalized spacial score (nSPS) is 13.6. The zero-order valence-electron chi connectivity index (χ0n) is 11.1. The molecule has 2 aromatic rings. The van der Waals surface area contributed by atoms with Crippen LogP contribution in [0, 0.1) is 0 Å². The maximum atomic E-state index is 12.2. The first kappa shape index (κ1) is 15.1. The molecule has 0 aliphatic rings. The zero-order chi connectivity index (χ0) is 14.8. The number of aryl methyl sites for hydroxylation is 1. The van der Waals surface area contributed by atoms with Gasteiger partial charge in [0.25, 0.3) is 10.0 Å². The van der Waals surface area contributed by atoms with Crippen LogP contribution in [0.5, 0.6) is 0 Å². The van der Waals surface area contributed by atoms with Crippen molar-refractivity contribution in [3.05, 3.63) is 29.2 Å². The summed E-state index contributed by atoms with van der Waals surface area (Å²) in [6.45, 7) is 1.71. The molecule has 0 fully saturated rings. The molecule has 2 aromatic heterocycles. The molecule has 0 saturated carbocycles. The molecule has 0 aliphatic carbocycles. The molecule has 0 saturated heterocycles. The molecule has 1 atom stereocenters. The molecule has 0 spiro atoms. The van der Waals surface area contributed by atoms with E-state index < -0.39 is 16.1 Å². The number of aliphatic hydroxyl groups excluding tert-OH is 1. The predicted octanol–water partition coefficient (Wildman–Crippen LogP) is 0.451. The number of nitrogens with one attached hydrogen (secondary N) is 1. The standard InChI is InChI=1S/C11H16N4O3S2/c1-8(11-13-12-7-15(11)2)14-20(17,18)10-4-3-9(19-10)5-6-16/h3-4,7-8,14,16H,5-6H2,1-2H3. The average Bonchev–Trinajstić information content (AvgIpc) is 2.98. The van der Waals surface area contributed by atoms with Gasteiger partial charge in [0.05, 0.1) is 6.04 Å². The highest BCUT2D eigenvalue weighted by atomic mass is 32.2. The van der Waals surface area contributed by atoms with Gasteiger partial charge in [-0.3, -0.25) is 0 Å². The van der Waals surface area contributed by atoms with Crippen molar-refractivity contribution in [1.82, 2.24) is 19.5 Å². The van der Waals surface area contributed by atoms with Crippen LogP contribution in [0.1, 0.15) is 23.7 Å². The fraction of sp³-hybridized carbons (Fsp3) is 0.455. The lowest BCUT2D eigenvalue weighted by atomic mass is 10.3. The summed E-state index contributed by atoms with van der Waals surface area (Å²) in [4.78, 5) is 0.833. The predicted molar refractivity (Wildman–Crippen MR) is 74.8 cm³/mol. The van der Waals surface area contributed by atoms with Gasteiger partial charge in [0.15, 0.2) is 0 Å². The summed E-state index contributed by atoms with van der Waals surface area (Å²) in [6.07, 6.45) is 1.98. The Balaban J connectivity index is 2.16. The second kappa shape index (κ2) is 6.00. The Hall–Kier alpha value is -1.29. The number of aliphatic hydroxyl groups is 1. The second-order valence-electron chi connectivity index (χ2n) is 4.34. The van der Waals surface area contributed by atoms with Crippen molar-refractivity contribution in [3.8, 4) is 0 Å². The van der Waals surface area contributed by atoms with Crippen LogP contribution in [0.4, 0.5) is 0 Å². The zero-order valence-corrected chi connectivity index (χ0v) is 12.8. The van der Waals surface area contributed by atoms with Crippen LogP contribution in [0.25, 0.3) is 0 Å². The van der Waals surface area contributed by atoms with Gasteiger partial charge >= 0.3 is 0 Å². The second-order valence-corrected chi connectivity index (χ2v) is 7.45. The van der Waals surface area contributed by atoms with Gasteiger partial charge in [-0.1, -0.05) is 0 Å². The first-order chi connectivity index (χ1) is 9.44. The number of sulfonamides is 1. The quantitative estimate of drug-likeness (QED) is 0.806. The van der Waals surface area contributed by atoms with Crippen molar-refractivity contribution < 1.29 is 13.5 Å². The van der Waals surface area contributed by atoms with E-state index in [-0.39, 0.29) is 10.8 Å². The lowest BCUT2D eigenvalue weighted by Crippen LogP contribution is -2.28. The van der Waals surface area contributed by atoms with E-state index in [4.69, 9.17) is 5.11 Å². The summed E-state index contributed by atoms with van der Waals surface area (Å²) >= 11 is 1.15. The average molecular weight is 316 g/mol. The highest BCUT2D eigenvalue weighted by Crippen LogP contribution is 2.23. The molecule has 0 amide bonds. The number of nitrogens with zero attached hydrogens (tertiary/aromatic N) is 3. The first-order valence-electron chi connectivity index (χ1n) is 6.00. The van der Waals surface area contributed by atoms with Gasteiger partial charge in [-0.2, -0.15) is 0 Å². The fourth-order valence-electron chi connectivity index (χ4n) is 1.77. The summed E-state index contributed by atoms with van der Waals surface area (Å²) in [6, 6.07) is 2.78. The molecule has 0 bridgehead atoms. The molecule has 2 heterocycles. The van der Waals surface area contributed by atoms with E-state index in [9.17, 15) is 8.42 Å². The first-order valence-corrected chi connectivity index (χ1v) is 8.30. The van der Waals surface area contributed by atoms with Crippen LogP contribution >= 0.6 is 11.3 Å². The lowest BCUT2D eigenvalue weighted by molar-refractivity contribution is 0.300. The SMILES string of the molecule is CC(NS(=O)(=O)c1ccc(CCO)s1)c1nncn1C. The van der Waals surface area contributed by atoms with Crippen molar-refractivity contribution >= 4 is 21.4 Å². The minimum absolute atomic E-state index is 0.00275. The molecule has 9 heteroatoms. The van der Waals surface area contributed by atoms with Crippen molar-refractivity contribution in [2.75, 3.05) is 6.61 Å². The Morgan fingerprint density at radius 1 is 1.50 bits per heavy atom. The Morgan fingerprint density at radius 2 is 2.25 bits per heavy atom. The van der Waals surface area contributed by atoms with Gasteiger partial charge in [0.2, 0.25) is 0 Å². The number of hydrogen-bond donors (Lipinski definition) is 2. The third-order valence-electron chi connectivity index (χ3n) is 2.73. The number of rotatable bonds is 6. The van der Waals surface area contributed by atoms with E-state index in [0.29, 0.717) is 12.2 Å². The van der Waals surface area contributed by atoms with Gasteiger partial charge < -0.3 is 9.67 Å². The van der Waals surface area contributed by atoms with E-state index in [0.717, 1.165) is 16.2 Å². The van der Waals surface area contributed by atoms with E-state index in [1.165, 1.54) is 6.33 Å². The number of hydrogen-bond acceptors (Lipinski definition) is 6. The summed E-state index contributed by atoms with van der Waals surface area (Å²) in [5.74, 6) is 0.542. The molecule has 110 valence electrons. The van der Waals surface area contributed by atoms with Crippen LogP contribution in [-0.2, 0) is 23.5 Å². The monoisotopic (exact) mass is 316 g/mol. The van der Waals surface area contributed by atoms with Crippen LogP contribution in [0.2, 0.25) is 0 Å². The van der Waals surface area contributed by atoms with E-state index >= 15 is 0 Å². The summed E-state index contributed by atoms with van der Waals surface area (Å²) in [7, 11) is -1.84. The fourth-order valence-corrected chi connectivity index (χ4v) is 4.34.